The van der Waals surface area contributed by atoms with Gasteiger partial charge < -0.3 is 21.1 Å². The third-order valence-electron chi connectivity index (χ3n) is 3.39. The first-order valence-corrected chi connectivity index (χ1v) is 6.39. The molecular weight excluding hydrogens is 254 g/mol. The maximum Gasteiger partial charge on any atom is 0.335 e. The fourth-order valence-corrected chi connectivity index (χ4v) is 2.39. The van der Waals surface area contributed by atoms with Gasteiger partial charge in [-0.2, -0.15) is 0 Å². The Balaban J connectivity index is 2.01. The topological polar surface area (TPSA) is 78.6 Å². The fourth-order valence-electron chi connectivity index (χ4n) is 2.39. The molecule has 2 aromatic rings. The van der Waals surface area contributed by atoms with Crippen LogP contribution >= 0.6 is 0 Å². The standard InChI is InChI=1S/C15H15N3O2/c16-11-2-4-12(5-3-11)18-8-7-17-13-9-10(15(19)20)1-6-14(13)18/h1-6,9,17H,7-8,16H2,(H,19,20). The van der Waals surface area contributed by atoms with Crippen molar-refractivity contribution in [1.29, 1.82) is 0 Å². The first-order valence-electron chi connectivity index (χ1n) is 6.39. The second kappa shape index (κ2) is 4.77. The van der Waals surface area contributed by atoms with Crippen LogP contribution in [0.5, 0.6) is 0 Å². The van der Waals surface area contributed by atoms with Crippen LogP contribution in [0.25, 0.3) is 0 Å². The molecule has 0 aromatic heterocycles. The molecule has 0 bridgehead atoms. The third kappa shape index (κ3) is 2.14. The number of fused-ring (bicyclic) bond motifs is 1. The lowest BCUT2D eigenvalue weighted by molar-refractivity contribution is 0.0697. The predicted octanol–water partition coefficient (Wildman–Crippen LogP) is 2.53. The van der Waals surface area contributed by atoms with E-state index < -0.39 is 5.97 Å². The fraction of sp³-hybridized carbons (Fsp3) is 0.133. The molecule has 102 valence electrons. The summed E-state index contributed by atoms with van der Waals surface area (Å²) in [5.41, 5.74) is 9.59. The van der Waals surface area contributed by atoms with Gasteiger partial charge in [-0.15, -0.1) is 0 Å². The van der Waals surface area contributed by atoms with E-state index in [9.17, 15) is 4.79 Å². The summed E-state index contributed by atoms with van der Waals surface area (Å²) in [5.74, 6) is -0.917. The Bertz CT molecular complexity index is 653. The number of anilines is 4. The van der Waals surface area contributed by atoms with Crippen molar-refractivity contribution in [1.82, 2.24) is 0 Å². The molecule has 5 nitrogen and oxygen atoms in total. The Hall–Kier alpha value is -2.69. The van der Waals surface area contributed by atoms with Crippen LogP contribution in [0.4, 0.5) is 22.7 Å². The average molecular weight is 269 g/mol. The Morgan fingerprint density at radius 3 is 2.65 bits per heavy atom. The van der Waals surface area contributed by atoms with E-state index in [0.717, 1.165) is 35.8 Å². The van der Waals surface area contributed by atoms with Crippen LogP contribution in [0, 0.1) is 0 Å². The van der Waals surface area contributed by atoms with Gasteiger partial charge in [0.25, 0.3) is 0 Å². The SMILES string of the molecule is Nc1ccc(N2CCNc3cc(C(=O)O)ccc32)cc1. The van der Waals surface area contributed by atoms with E-state index in [0.29, 0.717) is 0 Å². The normalized spacial score (nSPS) is 13.5. The highest BCUT2D eigenvalue weighted by atomic mass is 16.4. The molecule has 0 amide bonds. The average Bonchev–Trinajstić information content (AvgIpc) is 2.47. The Morgan fingerprint density at radius 2 is 1.95 bits per heavy atom. The van der Waals surface area contributed by atoms with E-state index in [1.54, 1.807) is 12.1 Å². The molecule has 0 spiro atoms. The molecule has 0 saturated heterocycles. The van der Waals surface area contributed by atoms with E-state index in [1.807, 2.05) is 30.3 Å². The summed E-state index contributed by atoms with van der Waals surface area (Å²) in [5, 5.41) is 12.3. The highest BCUT2D eigenvalue weighted by molar-refractivity contribution is 5.92. The number of hydrogen-bond acceptors (Lipinski definition) is 4. The van der Waals surface area contributed by atoms with Gasteiger partial charge in [0, 0.05) is 24.5 Å². The van der Waals surface area contributed by atoms with Crippen molar-refractivity contribution in [2.45, 2.75) is 0 Å². The number of carbonyl (C=O) groups is 1. The molecule has 0 atom stereocenters. The third-order valence-corrected chi connectivity index (χ3v) is 3.39. The highest BCUT2D eigenvalue weighted by Gasteiger charge is 2.19. The summed E-state index contributed by atoms with van der Waals surface area (Å²) in [6.07, 6.45) is 0. The Labute approximate surface area is 116 Å². The van der Waals surface area contributed by atoms with E-state index >= 15 is 0 Å². The number of nitrogens with two attached hydrogens (primary N) is 1. The molecule has 0 aliphatic carbocycles. The second-order valence-corrected chi connectivity index (χ2v) is 4.71. The molecule has 4 N–H and O–H groups in total. The van der Waals surface area contributed by atoms with Gasteiger partial charge in [-0.1, -0.05) is 0 Å². The van der Waals surface area contributed by atoms with E-state index in [1.165, 1.54) is 0 Å². The van der Waals surface area contributed by atoms with Crippen molar-refractivity contribution < 1.29 is 9.90 Å². The molecule has 20 heavy (non-hydrogen) atoms. The van der Waals surface area contributed by atoms with Crippen molar-refractivity contribution in [2.24, 2.45) is 0 Å². The molecular formula is C15H15N3O2. The summed E-state index contributed by atoms with van der Waals surface area (Å²) in [6.45, 7) is 1.59. The molecule has 1 heterocycles. The molecule has 1 aliphatic rings. The lowest BCUT2D eigenvalue weighted by atomic mass is 10.1. The van der Waals surface area contributed by atoms with Crippen LogP contribution in [-0.4, -0.2) is 24.2 Å². The molecule has 2 aromatic carbocycles. The van der Waals surface area contributed by atoms with Crippen LogP contribution < -0.4 is 16.0 Å². The number of nitrogen functional groups attached to an aromatic ring is 1. The minimum Gasteiger partial charge on any atom is -0.478 e. The molecule has 0 radical (unpaired) electrons. The predicted molar refractivity (Wildman–Crippen MR) is 79.8 cm³/mol. The minimum absolute atomic E-state index is 0.287. The van der Waals surface area contributed by atoms with Gasteiger partial charge in [-0.05, 0) is 42.5 Å². The first kappa shape index (κ1) is 12.3. The number of nitrogens with zero attached hydrogens (tertiary/aromatic N) is 1. The minimum atomic E-state index is -0.917. The zero-order valence-corrected chi connectivity index (χ0v) is 10.8. The van der Waals surface area contributed by atoms with Crippen LogP contribution in [-0.2, 0) is 0 Å². The largest absolute Gasteiger partial charge is 0.478 e. The van der Waals surface area contributed by atoms with Gasteiger partial charge in [0.1, 0.15) is 0 Å². The van der Waals surface area contributed by atoms with Crippen LogP contribution in [0.1, 0.15) is 10.4 Å². The first-order chi connectivity index (χ1) is 9.65. The quantitative estimate of drug-likeness (QED) is 0.730. The van der Waals surface area contributed by atoms with Crippen molar-refractivity contribution in [2.75, 3.05) is 29.0 Å². The smallest absolute Gasteiger partial charge is 0.335 e. The van der Waals surface area contributed by atoms with Gasteiger partial charge in [-0.3, -0.25) is 0 Å². The maximum atomic E-state index is 11.0. The molecule has 1 aliphatic heterocycles. The molecule has 0 saturated carbocycles. The molecule has 5 heteroatoms. The van der Waals surface area contributed by atoms with Crippen molar-refractivity contribution >= 4 is 28.7 Å². The van der Waals surface area contributed by atoms with Crippen LogP contribution in [0.2, 0.25) is 0 Å². The molecule has 0 unspecified atom stereocenters. The van der Waals surface area contributed by atoms with Crippen LogP contribution in [0.15, 0.2) is 42.5 Å². The molecule has 3 rings (SSSR count). The lowest BCUT2D eigenvalue weighted by Crippen LogP contribution is -2.30. The van der Waals surface area contributed by atoms with Gasteiger partial charge in [0.2, 0.25) is 0 Å². The van der Waals surface area contributed by atoms with Crippen molar-refractivity contribution in [3.63, 3.8) is 0 Å². The zero-order valence-electron chi connectivity index (χ0n) is 10.8. The number of carboxylic acids is 1. The Kier molecular flexibility index (Phi) is 2.95. The maximum absolute atomic E-state index is 11.0. The highest BCUT2D eigenvalue weighted by Crippen LogP contribution is 2.35. The van der Waals surface area contributed by atoms with Crippen molar-refractivity contribution in [3.8, 4) is 0 Å². The van der Waals surface area contributed by atoms with Gasteiger partial charge in [0.15, 0.2) is 0 Å². The number of hydrogen-bond donors (Lipinski definition) is 3. The Morgan fingerprint density at radius 1 is 1.20 bits per heavy atom. The van der Waals surface area contributed by atoms with E-state index in [-0.39, 0.29) is 5.56 Å². The van der Waals surface area contributed by atoms with Crippen LogP contribution in [0.3, 0.4) is 0 Å². The number of aromatic carboxylic acids is 1. The lowest BCUT2D eigenvalue weighted by Gasteiger charge is -2.32. The summed E-state index contributed by atoms with van der Waals surface area (Å²) in [7, 11) is 0. The second-order valence-electron chi connectivity index (χ2n) is 4.71. The van der Waals surface area contributed by atoms with Gasteiger partial charge in [0.05, 0.1) is 16.9 Å². The van der Waals surface area contributed by atoms with Gasteiger partial charge >= 0.3 is 5.97 Å². The number of benzene rings is 2. The number of carboxylic acid groups (broad SMARTS) is 1. The summed E-state index contributed by atoms with van der Waals surface area (Å²) < 4.78 is 0. The van der Waals surface area contributed by atoms with Gasteiger partial charge in [-0.25, -0.2) is 4.79 Å². The monoisotopic (exact) mass is 269 g/mol. The zero-order chi connectivity index (χ0) is 14.1. The summed E-state index contributed by atoms with van der Waals surface area (Å²) in [6, 6.07) is 12.8. The molecule has 0 fully saturated rings. The van der Waals surface area contributed by atoms with E-state index in [4.69, 9.17) is 10.8 Å². The number of nitrogens with one attached hydrogen (secondary N) is 1. The summed E-state index contributed by atoms with van der Waals surface area (Å²) in [4.78, 5) is 13.2. The number of rotatable bonds is 2. The summed E-state index contributed by atoms with van der Waals surface area (Å²) >= 11 is 0. The van der Waals surface area contributed by atoms with Crippen molar-refractivity contribution in [3.05, 3.63) is 48.0 Å². The van der Waals surface area contributed by atoms with E-state index in [2.05, 4.69) is 10.2 Å².